The highest BCUT2D eigenvalue weighted by molar-refractivity contribution is 9.10. The molecule has 0 aliphatic carbocycles. The molecule has 0 saturated carbocycles. The van der Waals surface area contributed by atoms with E-state index in [0.717, 1.165) is 28.8 Å². The van der Waals surface area contributed by atoms with Gasteiger partial charge < -0.3 is 9.85 Å². The van der Waals surface area contributed by atoms with Gasteiger partial charge in [-0.2, -0.15) is 0 Å². The minimum atomic E-state index is -0.122. The van der Waals surface area contributed by atoms with E-state index in [4.69, 9.17) is 11.6 Å². The van der Waals surface area contributed by atoms with Gasteiger partial charge in [0.25, 0.3) is 0 Å². The summed E-state index contributed by atoms with van der Waals surface area (Å²) in [6.07, 6.45) is 2.84. The van der Waals surface area contributed by atoms with Gasteiger partial charge in [-0.25, -0.2) is 0 Å². The Morgan fingerprint density at radius 3 is 2.62 bits per heavy atom. The van der Waals surface area contributed by atoms with Crippen LogP contribution in [0.15, 0.2) is 50.7 Å². The molecule has 0 aromatic heterocycles. The lowest BCUT2D eigenvalue weighted by atomic mass is 9.69. The number of hydrogen-bond acceptors (Lipinski definition) is 2. The molecule has 0 atom stereocenters. The van der Waals surface area contributed by atoms with Crippen LogP contribution in [0.3, 0.4) is 0 Å². The summed E-state index contributed by atoms with van der Waals surface area (Å²) in [6.45, 7) is 1.35. The van der Waals surface area contributed by atoms with Gasteiger partial charge in [0.2, 0.25) is 0 Å². The molecule has 1 fully saturated rings. The maximum atomic E-state index is 12.4. The van der Waals surface area contributed by atoms with Crippen molar-refractivity contribution >= 4 is 39.3 Å². The summed E-state index contributed by atoms with van der Waals surface area (Å²) in [7, 11) is 1.80. The number of halogens is 2. The molecule has 2 aromatic rings. The van der Waals surface area contributed by atoms with E-state index >= 15 is 0 Å². The van der Waals surface area contributed by atoms with Crippen molar-refractivity contribution in [3.63, 3.8) is 0 Å². The number of hydrogen-bond donors (Lipinski definition) is 0. The molecule has 24 heavy (non-hydrogen) atoms. The molecule has 2 aromatic carbocycles. The van der Waals surface area contributed by atoms with Crippen LogP contribution < -0.4 is 0 Å². The number of likely N-dealkylation sites (tertiary alicyclic amines) is 1. The van der Waals surface area contributed by atoms with Gasteiger partial charge in [0.15, 0.2) is 0 Å². The Balaban J connectivity index is 1.86. The van der Waals surface area contributed by atoms with Crippen LogP contribution >= 0.6 is 39.3 Å². The van der Waals surface area contributed by atoms with E-state index in [1.54, 1.807) is 18.8 Å². The normalized spacial score (nSPS) is 29.0. The van der Waals surface area contributed by atoms with Crippen molar-refractivity contribution in [1.29, 1.82) is 0 Å². The van der Waals surface area contributed by atoms with Crippen LogP contribution in [-0.2, 0) is 11.8 Å². The van der Waals surface area contributed by atoms with Crippen LogP contribution in [-0.4, -0.2) is 24.8 Å². The van der Waals surface area contributed by atoms with Crippen LogP contribution in [0.25, 0.3) is 0 Å². The highest BCUT2D eigenvalue weighted by atomic mass is 79.9. The van der Waals surface area contributed by atoms with Crippen LogP contribution in [0.2, 0.25) is 5.02 Å². The second kappa shape index (κ2) is 6.03. The molecule has 0 bridgehead atoms. The Kier molecular flexibility index (Phi) is 4.25. The zero-order valence-corrected chi connectivity index (χ0v) is 16.7. The number of piperidine rings is 1. The molecule has 2 heterocycles. The van der Waals surface area contributed by atoms with Crippen LogP contribution in [0.5, 0.6) is 0 Å². The smallest absolute Gasteiger partial charge is 0.0790 e. The van der Waals surface area contributed by atoms with E-state index < -0.39 is 0 Å². The minimum Gasteiger partial charge on any atom is -0.633 e. The first kappa shape index (κ1) is 16.9. The fourth-order valence-corrected chi connectivity index (χ4v) is 5.83. The third kappa shape index (κ3) is 3.04. The number of quaternary nitrogens is 1. The number of rotatable bonds is 0. The third-order valence-electron chi connectivity index (χ3n) is 5.41. The van der Waals surface area contributed by atoms with Crippen LogP contribution in [0.4, 0.5) is 0 Å². The predicted molar refractivity (Wildman–Crippen MR) is 104 cm³/mol. The fourth-order valence-electron chi connectivity index (χ4n) is 3.97. The Hall–Kier alpha value is -0.520. The highest BCUT2D eigenvalue weighted by Gasteiger charge is 2.42. The molecule has 2 aliphatic rings. The molecule has 0 radical (unpaired) electrons. The molecule has 1 spiro atoms. The largest absolute Gasteiger partial charge is 0.633 e. The predicted octanol–water partition coefficient (Wildman–Crippen LogP) is 5.79. The van der Waals surface area contributed by atoms with Gasteiger partial charge in [0.1, 0.15) is 0 Å². The number of fused-ring (bicyclic) bond motifs is 3. The maximum absolute atomic E-state index is 12.4. The molecule has 0 N–H and O–H groups in total. The van der Waals surface area contributed by atoms with Gasteiger partial charge in [0, 0.05) is 37.5 Å². The zero-order valence-electron chi connectivity index (χ0n) is 13.5. The van der Waals surface area contributed by atoms with Crippen molar-refractivity contribution in [3.05, 3.63) is 62.2 Å². The average molecular weight is 425 g/mol. The fraction of sp³-hybridized carbons (Fsp3) is 0.368. The Bertz CT molecular complexity index is 798. The van der Waals surface area contributed by atoms with Gasteiger partial charge in [-0.1, -0.05) is 45.4 Å². The van der Waals surface area contributed by atoms with E-state index in [2.05, 4.69) is 46.3 Å². The van der Waals surface area contributed by atoms with Crippen molar-refractivity contribution in [3.8, 4) is 0 Å². The average Bonchev–Trinajstić information content (AvgIpc) is 2.64. The molecule has 2 nitrogen and oxygen atoms in total. The maximum Gasteiger partial charge on any atom is 0.0790 e. The van der Waals surface area contributed by atoms with Gasteiger partial charge in [-0.3, -0.25) is 0 Å². The lowest BCUT2D eigenvalue weighted by Gasteiger charge is -2.49. The van der Waals surface area contributed by atoms with Crippen LogP contribution in [0, 0.1) is 5.21 Å². The van der Waals surface area contributed by atoms with Crippen molar-refractivity contribution in [2.75, 3.05) is 20.1 Å². The van der Waals surface area contributed by atoms with Crippen molar-refractivity contribution in [2.24, 2.45) is 0 Å². The Morgan fingerprint density at radius 2 is 1.88 bits per heavy atom. The zero-order chi connectivity index (χ0) is 16.9. The first-order valence-corrected chi connectivity index (χ1v) is 10.2. The Morgan fingerprint density at radius 1 is 1.12 bits per heavy atom. The molecular formula is C19H19BrClNOS. The second-order valence-electron chi connectivity index (χ2n) is 7.20. The van der Waals surface area contributed by atoms with Crippen molar-refractivity contribution in [1.82, 2.24) is 0 Å². The summed E-state index contributed by atoms with van der Waals surface area (Å²) in [5.41, 5.74) is 2.77. The van der Waals surface area contributed by atoms with E-state index in [9.17, 15) is 5.21 Å². The standard InChI is InChI=1S/C19H19BrClNOS/c1-22(23)8-6-19(7-9-22)12-13-10-14(20)2-5-17(13)24-18-11-15(21)3-4-16(18)19/h2-5,10-11H,6-9,12H2,1H3. The molecular weight excluding hydrogens is 406 g/mol. The molecule has 1 saturated heterocycles. The lowest BCUT2D eigenvalue weighted by Crippen LogP contribution is -2.50. The SMILES string of the molecule is C[N+]1([O-])CCC2(CC1)Cc1cc(Br)ccc1Sc1cc(Cl)ccc12. The summed E-state index contributed by atoms with van der Waals surface area (Å²) in [5, 5.41) is 13.2. The summed E-state index contributed by atoms with van der Waals surface area (Å²) in [6, 6.07) is 12.8. The first-order valence-electron chi connectivity index (χ1n) is 8.19. The number of nitrogens with zero attached hydrogens (tertiary/aromatic N) is 1. The van der Waals surface area contributed by atoms with Gasteiger partial charge in [-0.05, 0) is 47.9 Å². The third-order valence-corrected chi connectivity index (χ3v) is 7.32. The second-order valence-corrected chi connectivity index (χ2v) is 9.63. The number of benzene rings is 2. The summed E-state index contributed by atoms with van der Waals surface area (Å²) >= 11 is 11.7. The summed E-state index contributed by atoms with van der Waals surface area (Å²) in [5.74, 6) is 0. The van der Waals surface area contributed by atoms with Crippen molar-refractivity contribution < 1.29 is 4.65 Å². The first-order chi connectivity index (χ1) is 11.4. The molecule has 2 aliphatic heterocycles. The topological polar surface area (TPSA) is 23.1 Å². The number of hydroxylamine groups is 3. The molecule has 0 amide bonds. The monoisotopic (exact) mass is 423 g/mol. The molecule has 4 rings (SSSR count). The van der Waals surface area contributed by atoms with E-state index in [0.29, 0.717) is 13.1 Å². The quantitative estimate of drug-likeness (QED) is 0.395. The van der Waals surface area contributed by atoms with E-state index in [1.165, 1.54) is 20.9 Å². The Labute approximate surface area is 160 Å². The van der Waals surface area contributed by atoms with Gasteiger partial charge >= 0.3 is 0 Å². The van der Waals surface area contributed by atoms with Crippen LogP contribution in [0.1, 0.15) is 24.0 Å². The minimum absolute atomic E-state index is 0.0428. The molecule has 5 heteroatoms. The van der Waals surface area contributed by atoms with E-state index in [-0.39, 0.29) is 10.1 Å². The summed E-state index contributed by atoms with van der Waals surface area (Å²) in [4.78, 5) is 2.54. The van der Waals surface area contributed by atoms with Crippen molar-refractivity contribution in [2.45, 2.75) is 34.5 Å². The van der Waals surface area contributed by atoms with Gasteiger partial charge in [0.05, 0.1) is 20.1 Å². The molecule has 0 unspecified atom stereocenters. The highest BCUT2D eigenvalue weighted by Crippen LogP contribution is 2.50. The lowest BCUT2D eigenvalue weighted by molar-refractivity contribution is -0.867. The van der Waals surface area contributed by atoms with E-state index in [1.807, 2.05) is 6.07 Å². The molecule has 126 valence electrons. The summed E-state index contributed by atoms with van der Waals surface area (Å²) < 4.78 is 0.990. The van der Waals surface area contributed by atoms with Gasteiger partial charge in [-0.15, -0.1) is 0 Å².